The zero-order valence-electron chi connectivity index (χ0n) is 39.1. The number of benzene rings is 3. The van der Waals surface area contributed by atoms with E-state index in [1.807, 2.05) is 65.7 Å². The van der Waals surface area contributed by atoms with Crippen LogP contribution in [0.5, 0.6) is 0 Å². The summed E-state index contributed by atoms with van der Waals surface area (Å²) in [4.78, 5) is 13.0. The highest BCUT2D eigenvalue weighted by Gasteiger charge is 2.13. The predicted molar refractivity (Wildman–Crippen MR) is 254 cm³/mol. The maximum atomic E-state index is 4.57. The second kappa shape index (κ2) is 20.4. The van der Waals surface area contributed by atoms with Crippen LogP contribution < -0.4 is 0 Å². The first-order valence-electron chi connectivity index (χ1n) is 21.5. The van der Waals surface area contributed by atoms with Crippen LogP contribution in [0.25, 0.3) is 43.9 Å². The topological polar surface area (TPSA) is 102 Å². The molecule has 0 saturated carbocycles. The Balaban J connectivity index is 0.000000145. The van der Waals surface area contributed by atoms with Crippen molar-refractivity contribution in [1.82, 2.24) is 53.4 Å². The second-order valence-corrected chi connectivity index (χ2v) is 17.2. The van der Waals surface area contributed by atoms with E-state index in [9.17, 15) is 0 Å². The molecule has 9 aromatic rings. The number of hydrogen-bond acceptors (Lipinski definition) is 6. The minimum Gasteiger partial charge on any atom is -0.350 e. The van der Waals surface area contributed by atoms with Crippen LogP contribution in [0.3, 0.4) is 0 Å². The lowest BCUT2D eigenvalue weighted by atomic mass is 10.0. The van der Waals surface area contributed by atoms with Crippen molar-refractivity contribution in [2.45, 2.75) is 98.8 Å². The Bertz CT molecular complexity index is 2670. The molecule has 322 valence electrons. The van der Waals surface area contributed by atoms with Crippen molar-refractivity contribution >= 4 is 43.9 Å². The summed E-state index contributed by atoms with van der Waals surface area (Å²) in [7, 11) is 10.1. The fourth-order valence-electron chi connectivity index (χ4n) is 7.59. The zero-order valence-corrected chi connectivity index (χ0v) is 39.1. The van der Waals surface area contributed by atoms with E-state index in [4.69, 9.17) is 0 Å². The molecular weight excluding hydrogens is 755 g/mol. The van der Waals surface area contributed by atoms with Gasteiger partial charge in [0.15, 0.2) is 0 Å². The van der Waals surface area contributed by atoms with Crippen molar-refractivity contribution in [1.29, 1.82) is 0 Å². The van der Waals surface area contributed by atoms with Crippen LogP contribution in [-0.2, 0) is 35.2 Å². The van der Waals surface area contributed by atoms with Crippen LogP contribution in [0, 0.1) is 0 Å². The zero-order chi connectivity index (χ0) is 44.5. The maximum Gasteiger partial charge on any atom is 0.116 e. The van der Waals surface area contributed by atoms with Gasteiger partial charge in [-0.2, -0.15) is 15.3 Å². The molecule has 0 amide bonds. The Kier molecular flexibility index (Phi) is 15.4. The van der Waals surface area contributed by atoms with Crippen LogP contribution in [0.15, 0.2) is 104 Å². The van der Waals surface area contributed by atoms with E-state index >= 15 is 0 Å². The average Bonchev–Trinajstić information content (AvgIpc) is 4.07. The first kappa shape index (κ1) is 46.0. The Morgan fingerprint density at radius 3 is 1.66 bits per heavy atom. The summed E-state index contributed by atoms with van der Waals surface area (Å²) in [6.07, 6.45) is 7.42. The molecule has 0 atom stereocenters. The van der Waals surface area contributed by atoms with Gasteiger partial charge in [-0.25, -0.2) is 15.0 Å². The molecule has 0 N–H and O–H groups in total. The van der Waals surface area contributed by atoms with Crippen LogP contribution >= 0.6 is 0 Å². The fraction of sp³-hybridized carbons (Fsp3) is 0.400. The van der Waals surface area contributed by atoms with Gasteiger partial charge in [0.25, 0.3) is 0 Å². The molecule has 9 rings (SSSR count). The Hall–Kier alpha value is -6.10. The van der Waals surface area contributed by atoms with E-state index in [1.165, 1.54) is 44.3 Å². The lowest BCUT2D eigenvalue weighted by Crippen LogP contribution is -1.99. The third-order valence-corrected chi connectivity index (χ3v) is 10.8. The Morgan fingerprint density at radius 2 is 1.10 bits per heavy atom. The van der Waals surface area contributed by atoms with E-state index in [0.29, 0.717) is 29.6 Å². The van der Waals surface area contributed by atoms with Gasteiger partial charge in [0, 0.05) is 75.5 Å². The molecule has 61 heavy (non-hydrogen) atoms. The molecule has 6 aromatic heterocycles. The van der Waals surface area contributed by atoms with Gasteiger partial charge in [-0.05, 0) is 59.6 Å². The number of para-hydroxylation sites is 4. The highest BCUT2D eigenvalue weighted by Crippen LogP contribution is 2.27. The minimum absolute atomic E-state index is 0.404. The molecule has 0 aliphatic rings. The quantitative estimate of drug-likeness (QED) is 0.171. The summed E-state index contributed by atoms with van der Waals surface area (Å²) in [5, 5.41) is 15.4. The standard InChI is InChI=1S/C12H15N.2C11H14N2.C9H12N4.C7H12N2/c1-9(2)11-8-13(3)12-7-5-4-6-10(11)12;1-8(2)11-12-9-6-4-5-7-10(9)13(11)3;1-8(2)11-9-6-4-5-7-10(9)13(3)12-11;1-6(2)8-9-7(10-5-11-8)4-12-13(9)3;1-6(2)7-4-5-8-9(7)3/h4-9H,1-3H3;2*4-8H,1-3H3;4-6H,1-3H3;4-6H,1-3H3. The number of hydrogen-bond donors (Lipinski definition) is 0. The third kappa shape index (κ3) is 10.8. The molecule has 6 heterocycles. The first-order valence-corrected chi connectivity index (χ1v) is 21.5. The molecule has 0 fully saturated rings. The van der Waals surface area contributed by atoms with Crippen molar-refractivity contribution in [2.24, 2.45) is 35.2 Å². The van der Waals surface area contributed by atoms with Crippen molar-refractivity contribution in [3.8, 4) is 0 Å². The summed E-state index contributed by atoms with van der Waals surface area (Å²) < 4.78 is 10.0. The predicted octanol–water partition coefficient (Wildman–Crippen LogP) is 11.7. The Labute approximate surface area is 362 Å². The van der Waals surface area contributed by atoms with Crippen LogP contribution in [0.1, 0.15) is 127 Å². The molecule has 0 unspecified atom stereocenters. The van der Waals surface area contributed by atoms with Gasteiger partial charge < -0.3 is 9.13 Å². The number of fused-ring (bicyclic) bond motifs is 4. The number of rotatable bonds is 5. The van der Waals surface area contributed by atoms with E-state index < -0.39 is 0 Å². The number of aromatic nitrogens is 11. The van der Waals surface area contributed by atoms with E-state index in [-0.39, 0.29) is 0 Å². The Morgan fingerprint density at radius 1 is 0.492 bits per heavy atom. The summed E-state index contributed by atoms with van der Waals surface area (Å²) >= 11 is 0. The molecule has 0 bridgehead atoms. The molecule has 0 radical (unpaired) electrons. The van der Waals surface area contributed by atoms with Crippen molar-refractivity contribution in [2.75, 3.05) is 0 Å². The number of imidazole rings is 1. The van der Waals surface area contributed by atoms with Crippen LogP contribution in [0.4, 0.5) is 0 Å². The van der Waals surface area contributed by atoms with Crippen LogP contribution in [0.2, 0.25) is 0 Å². The monoisotopic (exact) mass is 822 g/mol. The first-order chi connectivity index (χ1) is 29.0. The van der Waals surface area contributed by atoms with Crippen molar-refractivity contribution in [3.05, 3.63) is 132 Å². The SMILES string of the molecule is CC(C)c1ccnn1C.CC(C)c1cn(C)c2ccccc12.CC(C)c1nc2ccccc2n1C.CC(C)c1ncnc2cnn(C)c12.CC(C)c1nn(C)c2ccccc12. The van der Waals surface area contributed by atoms with E-state index in [1.54, 1.807) is 12.5 Å². The molecule has 0 aliphatic carbocycles. The van der Waals surface area contributed by atoms with Gasteiger partial charge in [0.05, 0.1) is 34.1 Å². The van der Waals surface area contributed by atoms with Crippen LogP contribution in [-0.4, -0.2) is 53.4 Å². The molecule has 3 aromatic carbocycles. The fourth-order valence-corrected chi connectivity index (χ4v) is 7.59. The summed E-state index contributed by atoms with van der Waals surface area (Å²) in [6.45, 7) is 21.7. The number of nitrogens with zero attached hydrogens (tertiary/aromatic N) is 11. The van der Waals surface area contributed by atoms with Gasteiger partial charge in [-0.3, -0.25) is 14.0 Å². The van der Waals surface area contributed by atoms with Gasteiger partial charge in [0.2, 0.25) is 0 Å². The van der Waals surface area contributed by atoms with Crippen molar-refractivity contribution < 1.29 is 0 Å². The normalized spacial score (nSPS) is 11.3. The molecule has 11 heteroatoms. The third-order valence-electron chi connectivity index (χ3n) is 10.8. The largest absolute Gasteiger partial charge is 0.350 e. The highest BCUT2D eigenvalue weighted by molar-refractivity contribution is 5.84. The molecule has 0 spiro atoms. The smallest absolute Gasteiger partial charge is 0.116 e. The molecule has 0 saturated heterocycles. The van der Waals surface area contributed by atoms with Gasteiger partial charge in [0.1, 0.15) is 23.2 Å². The molecule has 11 nitrogen and oxygen atoms in total. The maximum absolute atomic E-state index is 4.57. The number of aryl methyl sites for hydroxylation is 5. The average molecular weight is 822 g/mol. The van der Waals surface area contributed by atoms with E-state index in [0.717, 1.165) is 28.1 Å². The minimum atomic E-state index is 0.404. The van der Waals surface area contributed by atoms with Gasteiger partial charge in [-0.1, -0.05) is 118 Å². The summed E-state index contributed by atoms with van der Waals surface area (Å²) in [5.41, 5.74) is 11.8. The second-order valence-electron chi connectivity index (χ2n) is 17.2. The highest BCUT2D eigenvalue weighted by atomic mass is 15.3. The van der Waals surface area contributed by atoms with Gasteiger partial charge >= 0.3 is 0 Å². The summed E-state index contributed by atoms with van der Waals surface area (Å²) in [6, 6.07) is 27.2. The lowest BCUT2D eigenvalue weighted by Gasteiger charge is -2.05. The molecule has 0 aliphatic heterocycles. The summed E-state index contributed by atoms with van der Waals surface area (Å²) in [5.74, 6) is 3.72. The van der Waals surface area contributed by atoms with E-state index in [2.05, 4.69) is 184 Å². The molecular formula is C50H67N11. The lowest BCUT2D eigenvalue weighted by molar-refractivity contribution is 0.669. The van der Waals surface area contributed by atoms with Gasteiger partial charge in [-0.15, -0.1) is 0 Å². The van der Waals surface area contributed by atoms with Crippen molar-refractivity contribution in [3.63, 3.8) is 0 Å².